The topological polar surface area (TPSA) is 37.8 Å². The van der Waals surface area contributed by atoms with Crippen LogP contribution in [0.3, 0.4) is 0 Å². The van der Waals surface area contributed by atoms with E-state index in [-0.39, 0.29) is 17.9 Å². The first-order valence-corrected chi connectivity index (χ1v) is 5.93. The van der Waals surface area contributed by atoms with Crippen LogP contribution in [0.1, 0.15) is 11.4 Å². The number of alkyl halides is 3. The van der Waals surface area contributed by atoms with E-state index in [1.54, 1.807) is 0 Å². The molecule has 0 saturated carbocycles. The third-order valence-corrected chi connectivity index (χ3v) is 2.62. The van der Waals surface area contributed by atoms with E-state index in [4.69, 9.17) is 11.6 Å². The molecule has 0 radical (unpaired) electrons. The maximum absolute atomic E-state index is 13.4. The standard InChI is InChI=1S/C12H7ClF5N3/c13-9-4-10(21-11(20-9)12(16,17)18)19-5-6-1-2-7(14)3-8(6)15/h1-4H,5H2,(H,19,20,21). The van der Waals surface area contributed by atoms with Crippen LogP contribution in [0.15, 0.2) is 24.3 Å². The maximum atomic E-state index is 13.4. The van der Waals surface area contributed by atoms with Gasteiger partial charge in [0.25, 0.3) is 0 Å². The summed E-state index contributed by atoms with van der Waals surface area (Å²) in [6, 6.07) is 3.95. The fraction of sp³-hybridized carbons (Fsp3) is 0.167. The highest BCUT2D eigenvalue weighted by Gasteiger charge is 2.35. The van der Waals surface area contributed by atoms with Gasteiger partial charge in [0, 0.05) is 24.2 Å². The molecule has 2 aromatic rings. The van der Waals surface area contributed by atoms with Gasteiger partial charge in [0.05, 0.1) is 0 Å². The first kappa shape index (κ1) is 15.4. The van der Waals surface area contributed by atoms with Gasteiger partial charge < -0.3 is 5.32 Å². The normalized spacial score (nSPS) is 11.5. The van der Waals surface area contributed by atoms with Gasteiger partial charge in [-0.15, -0.1) is 0 Å². The van der Waals surface area contributed by atoms with Gasteiger partial charge >= 0.3 is 6.18 Å². The Morgan fingerprint density at radius 2 is 1.81 bits per heavy atom. The van der Waals surface area contributed by atoms with Crippen molar-refractivity contribution in [2.75, 3.05) is 5.32 Å². The van der Waals surface area contributed by atoms with Gasteiger partial charge in [-0.1, -0.05) is 17.7 Å². The average Bonchev–Trinajstić information content (AvgIpc) is 2.36. The molecular formula is C12H7ClF5N3. The number of nitrogens with zero attached hydrogens (tertiary/aromatic N) is 2. The second-order valence-corrected chi connectivity index (χ2v) is 4.37. The molecular weight excluding hydrogens is 317 g/mol. The quantitative estimate of drug-likeness (QED) is 0.684. The highest BCUT2D eigenvalue weighted by Crippen LogP contribution is 2.28. The van der Waals surface area contributed by atoms with Gasteiger partial charge in [-0.25, -0.2) is 18.7 Å². The largest absolute Gasteiger partial charge is 0.451 e. The van der Waals surface area contributed by atoms with Gasteiger partial charge in [0.1, 0.15) is 22.6 Å². The third kappa shape index (κ3) is 4.01. The van der Waals surface area contributed by atoms with Crippen LogP contribution in [0.5, 0.6) is 0 Å². The predicted molar refractivity (Wildman–Crippen MR) is 65.7 cm³/mol. The lowest BCUT2D eigenvalue weighted by Gasteiger charge is -2.10. The summed E-state index contributed by atoms with van der Waals surface area (Å²) in [6.07, 6.45) is -4.75. The van der Waals surface area contributed by atoms with Crippen molar-refractivity contribution in [3.8, 4) is 0 Å². The fourth-order valence-corrected chi connectivity index (χ4v) is 1.67. The van der Waals surface area contributed by atoms with E-state index in [0.717, 1.165) is 12.1 Å². The fourth-order valence-electron chi connectivity index (χ4n) is 1.49. The molecule has 0 aliphatic rings. The van der Waals surface area contributed by atoms with Crippen molar-refractivity contribution in [3.63, 3.8) is 0 Å². The van der Waals surface area contributed by atoms with E-state index in [9.17, 15) is 22.0 Å². The summed E-state index contributed by atoms with van der Waals surface area (Å²) >= 11 is 5.48. The summed E-state index contributed by atoms with van der Waals surface area (Å²) in [5.74, 6) is -3.19. The van der Waals surface area contributed by atoms with E-state index < -0.39 is 28.8 Å². The van der Waals surface area contributed by atoms with Gasteiger partial charge in [0.15, 0.2) is 0 Å². The van der Waals surface area contributed by atoms with E-state index in [0.29, 0.717) is 6.07 Å². The van der Waals surface area contributed by atoms with Gasteiger partial charge in [-0.3, -0.25) is 0 Å². The van der Waals surface area contributed by atoms with Crippen LogP contribution in [0, 0.1) is 11.6 Å². The first-order chi connectivity index (χ1) is 9.75. The molecule has 21 heavy (non-hydrogen) atoms. The molecule has 0 spiro atoms. The Hall–Kier alpha value is -1.96. The molecule has 1 aromatic heterocycles. The molecule has 0 bridgehead atoms. The number of anilines is 1. The molecule has 9 heteroatoms. The van der Waals surface area contributed by atoms with E-state index in [1.165, 1.54) is 6.07 Å². The number of hydrogen-bond donors (Lipinski definition) is 1. The minimum Gasteiger partial charge on any atom is -0.366 e. The average molecular weight is 324 g/mol. The molecule has 0 saturated heterocycles. The lowest BCUT2D eigenvalue weighted by Crippen LogP contribution is -2.13. The Kier molecular flexibility index (Phi) is 4.26. The van der Waals surface area contributed by atoms with Crippen LogP contribution in [0.4, 0.5) is 27.8 Å². The van der Waals surface area contributed by atoms with E-state index >= 15 is 0 Å². The zero-order valence-electron chi connectivity index (χ0n) is 10.2. The van der Waals surface area contributed by atoms with Crippen LogP contribution in [0.2, 0.25) is 5.15 Å². The molecule has 1 N–H and O–H groups in total. The van der Waals surface area contributed by atoms with Crippen molar-refractivity contribution in [1.29, 1.82) is 0 Å². The zero-order chi connectivity index (χ0) is 15.6. The highest BCUT2D eigenvalue weighted by molar-refractivity contribution is 6.29. The molecule has 2 rings (SSSR count). The Balaban J connectivity index is 2.18. The summed E-state index contributed by atoms with van der Waals surface area (Å²) in [5, 5.41) is 2.07. The minimum absolute atomic E-state index is 0.0692. The Bertz CT molecular complexity index is 660. The number of aromatic nitrogens is 2. The first-order valence-electron chi connectivity index (χ1n) is 5.55. The summed E-state index contributed by atoms with van der Waals surface area (Å²) in [4.78, 5) is 6.29. The molecule has 0 aliphatic carbocycles. The second kappa shape index (κ2) is 5.80. The molecule has 0 unspecified atom stereocenters. The summed E-state index contributed by atoms with van der Waals surface area (Å²) in [7, 11) is 0. The molecule has 0 amide bonds. The van der Waals surface area contributed by atoms with Crippen molar-refractivity contribution in [2.24, 2.45) is 0 Å². The van der Waals surface area contributed by atoms with Crippen LogP contribution in [-0.2, 0) is 12.7 Å². The number of rotatable bonds is 3. The van der Waals surface area contributed by atoms with Crippen LogP contribution >= 0.6 is 11.6 Å². The summed E-state index contributed by atoms with van der Waals surface area (Å²) in [6.45, 7) is -0.184. The van der Waals surface area contributed by atoms with Crippen molar-refractivity contribution in [3.05, 3.63) is 52.4 Å². The molecule has 0 atom stereocenters. The Labute approximate surface area is 120 Å². The molecule has 3 nitrogen and oxygen atoms in total. The van der Waals surface area contributed by atoms with Crippen molar-refractivity contribution < 1.29 is 22.0 Å². The molecule has 112 valence electrons. The Morgan fingerprint density at radius 3 is 2.43 bits per heavy atom. The predicted octanol–water partition coefficient (Wildman–Crippen LogP) is 4.04. The van der Waals surface area contributed by atoms with Crippen LogP contribution in [0.25, 0.3) is 0 Å². The van der Waals surface area contributed by atoms with Crippen molar-refractivity contribution in [2.45, 2.75) is 12.7 Å². The zero-order valence-corrected chi connectivity index (χ0v) is 10.9. The minimum atomic E-state index is -4.75. The van der Waals surface area contributed by atoms with Crippen molar-refractivity contribution >= 4 is 17.4 Å². The maximum Gasteiger partial charge on any atom is 0.451 e. The van der Waals surface area contributed by atoms with E-state index in [1.807, 2.05) is 0 Å². The smallest absolute Gasteiger partial charge is 0.366 e. The molecule has 1 heterocycles. The molecule has 0 aliphatic heterocycles. The lowest BCUT2D eigenvalue weighted by molar-refractivity contribution is -0.144. The van der Waals surface area contributed by atoms with Gasteiger partial charge in [-0.05, 0) is 6.07 Å². The number of halogens is 6. The van der Waals surface area contributed by atoms with E-state index in [2.05, 4.69) is 15.3 Å². The second-order valence-electron chi connectivity index (χ2n) is 3.99. The number of hydrogen-bond acceptors (Lipinski definition) is 3. The van der Waals surface area contributed by atoms with Gasteiger partial charge in [-0.2, -0.15) is 13.2 Å². The molecule has 1 aromatic carbocycles. The molecule has 0 fully saturated rings. The number of benzene rings is 1. The van der Waals surface area contributed by atoms with Crippen LogP contribution in [-0.4, -0.2) is 9.97 Å². The lowest BCUT2D eigenvalue weighted by atomic mass is 10.2. The third-order valence-electron chi connectivity index (χ3n) is 2.42. The highest BCUT2D eigenvalue weighted by atomic mass is 35.5. The summed E-state index contributed by atoms with van der Waals surface area (Å²) < 4.78 is 63.6. The van der Waals surface area contributed by atoms with Crippen molar-refractivity contribution in [1.82, 2.24) is 9.97 Å². The van der Waals surface area contributed by atoms with Crippen LogP contribution < -0.4 is 5.32 Å². The monoisotopic (exact) mass is 323 g/mol. The SMILES string of the molecule is Fc1ccc(CNc2cc(Cl)nc(C(F)(F)F)n2)c(F)c1. The summed E-state index contributed by atoms with van der Waals surface area (Å²) in [5.41, 5.74) is 0.0692. The van der Waals surface area contributed by atoms with Gasteiger partial charge in [0.2, 0.25) is 5.82 Å². The number of nitrogens with one attached hydrogen (secondary N) is 1. The Morgan fingerprint density at radius 1 is 1.10 bits per heavy atom.